The number of anilines is 1. The average molecular weight is 334 g/mol. The highest BCUT2D eigenvalue weighted by Crippen LogP contribution is 2.57. The summed E-state index contributed by atoms with van der Waals surface area (Å²) in [6.07, 6.45) is 10.8. The lowest BCUT2D eigenvalue weighted by atomic mass is 9.79. The quantitative estimate of drug-likeness (QED) is 0.919. The summed E-state index contributed by atoms with van der Waals surface area (Å²) in [5.74, 6) is 1.07. The number of aromatic nitrogens is 2. The number of carbonyl (C=O) groups excluding carboxylic acids is 1. The van der Waals surface area contributed by atoms with E-state index in [0.29, 0.717) is 5.13 Å². The molecule has 1 N–H and O–H groups in total. The maximum Gasteiger partial charge on any atom is 0.230 e. The van der Waals surface area contributed by atoms with Crippen LogP contribution >= 0.6 is 11.3 Å². The summed E-state index contributed by atoms with van der Waals surface area (Å²) in [5, 5.41) is 11.2. The van der Waals surface area contributed by atoms with E-state index in [1.54, 1.807) is 5.51 Å². The molecule has 6 heteroatoms. The molecule has 5 nitrogen and oxygen atoms in total. The number of hydrogen-bond donors (Lipinski definition) is 1. The Hall–Kier alpha value is -1.01. The summed E-state index contributed by atoms with van der Waals surface area (Å²) in [6, 6.07) is 0. The maximum absolute atomic E-state index is 12.4. The molecular weight excluding hydrogens is 308 g/mol. The van der Waals surface area contributed by atoms with Crippen molar-refractivity contribution in [3.63, 3.8) is 0 Å². The van der Waals surface area contributed by atoms with Gasteiger partial charge >= 0.3 is 0 Å². The van der Waals surface area contributed by atoms with Gasteiger partial charge in [-0.1, -0.05) is 11.3 Å². The van der Waals surface area contributed by atoms with Crippen LogP contribution in [0.3, 0.4) is 0 Å². The van der Waals surface area contributed by atoms with Crippen LogP contribution in [0.1, 0.15) is 51.4 Å². The third-order valence-electron chi connectivity index (χ3n) is 6.11. The molecule has 1 amide bonds. The smallest absolute Gasteiger partial charge is 0.230 e. The van der Waals surface area contributed by atoms with Crippen LogP contribution in [0, 0.1) is 17.3 Å². The molecule has 2 heterocycles. The fourth-order valence-corrected chi connectivity index (χ4v) is 4.83. The Morgan fingerprint density at radius 3 is 2.83 bits per heavy atom. The van der Waals surface area contributed by atoms with Crippen molar-refractivity contribution in [3.05, 3.63) is 5.51 Å². The van der Waals surface area contributed by atoms with Crippen molar-refractivity contribution in [1.29, 1.82) is 0 Å². The molecule has 0 bridgehead atoms. The lowest BCUT2D eigenvalue weighted by Gasteiger charge is -2.36. The zero-order chi connectivity index (χ0) is 15.7. The standard InChI is InChI=1S/C17H26N4OS/c22-15(19-16-20-18-12-23-16)14-2-1-9-21(11-14)10-13-3-5-17(6-4-13)7-8-17/h12-14H,1-11H2,(H,19,20,22). The van der Waals surface area contributed by atoms with E-state index in [2.05, 4.69) is 20.4 Å². The van der Waals surface area contributed by atoms with Gasteiger partial charge in [0.05, 0.1) is 5.92 Å². The highest BCUT2D eigenvalue weighted by atomic mass is 32.1. The molecule has 1 spiro atoms. The van der Waals surface area contributed by atoms with Crippen LogP contribution in [-0.4, -0.2) is 40.6 Å². The van der Waals surface area contributed by atoms with E-state index in [4.69, 9.17) is 0 Å². The third kappa shape index (κ3) is 3.74. The van der Waals surface area contributed by atoms with Crippen molar-refractivity contribution < 1.29 is 4.79 Å². The predicted molar refractivity (Wildman–Crippen MR) is 91.3 cm³/mol. The molecule has 1 atom stereocenters. The number of likely N-dealkylation sites (tertiary alicyclic amines) is 1. The molecule has 1 unspecified atom stereocenters. The van der Waals surface area contributed by atoms with E-state index in [0.717, 1.165) is 37.3 Å². The van der Waals surface area contributed by atoms with Crippen LogP contribution < -0.4 is 5.32 Å². The second-order valence-corrected chi connectivity index (χ2v) is 8.61. The summed E-state index contributed by atoms with van der Waals surface area (Å²) in [7, 11) is 0. The summed E-state index contributed by atoms with van der Waals surface area (Å²) in [5.41, 5.74) is 2.43. The minimum atomic E-state index is 0.103. The summed E-state index contributed by atoms with van der Waals surface area (Å²) >= 11 is 1.38. The molecule has 2 aliphatic carbocycles. The first-order chi connectivity index (χ1) is 11.2. The molecule has 1 aromatic heterocycles. The zero-order valence-electron chi connectivity index (χ0n) is 13.7. The van der Waals surface area contributed by atoms with Gasteiger partial charge in [-0.15, -0.1) is 10.2 Å². The topological polar surface area (TPSA) is 58.1 Å². The summed E-state index contributed by atoms with van der Waals surface area (Å²) in [4.78, 5) is 14.9. The Kier molecular flexibility index (Phi) is 4.37. The van der Waals surface area contributed by atoms with Crippen LogP contribution in [0.2, 0.25) is 0 Å². The van der Waals surface area contributed by atoms with Gasteiger partial charge in [0.25, 0.3) is 0 Å². The second kappa shape index (κ2) is 6.48. The monoisotopic (exact) mass is 334 g/mol. The Bertz CT molecular complexity index is 533. The number of rotatable bonds is 4. The highest BCUT2D eigenvalue weighted by molar-refractivity contribution is 7.13. The average Bonchev–Trinajstić information content (AvgIpc) is 3.12. The van der Waals surface area contributed by atoms with Crippen LogP contribution in [0.5, 0.6) is 0 Å². The number of nitrogens with zero attached hydrogens (tertiary/aromatic N) is 3. The first-order valence-corrected chi connectivity index (χ1v) is 9.90. The largest absolute Gasteiger partial charge is 0.302 e. The van der Waals surface area contributed by atoms with Gasteiger partial charge in [-0.3, -0.25) is 4.79 Å². The van der Waals surface area contributed by atoms with E-state index >= 15 is 0 Å². The van der Waals surface area contributed by atoms with Gasteiger partial charge in [-0.05, 0) is 69.2 Å². The molecule has 4 rings (SSSR count). The van der Waals surface area contributed by atoms with Crippen LogP contribution in [-0.2, 0) is 4.79 Å². The molecule has 3 fully saturated rings. The van der Waals surface area contributed by atoms with Crippen molar-refractivity contribution in [2.75, 3.05) is 25.0 Å². The van der Waals surface area contributed by atoms with Gasteiger partial charge in [0.2, 0.25) is 11.0 Å². The van der Waals surface area contributed by atoms with Crippen molar-refractivity contribution in [1.82, 2.24) is 15.1 Å². The van der Waals surface area contributed by atoms with Crippen LogP contribution in [0.4, 0.5) is 5.13 Å². The molecule has 0 aromatic carbocycles. The zero-order valence-corrected chi connectivity index (χ0v) is 14.5. The van der Waals surface area contributed by atoms with Crippen molar-refractivity contribution in [2.24, 2.45) is 17.3 Å². The van der Waals surface area contributed by atoms with Gasteiger partial charge in [0, 0.05) is 13.1 Å². The number of carbonyl (C=O) groups is 1. The number of nitrogens with one attached hydrogen (secondary N) is 1. The molecule has 3 aliphatic rings. The van der Waals surface area contributed by atoms with Crippen molar-refractivity contribution >= 4 is 22.4 Å². The minimum Gasteiger partial charge on any atom is -0.302 e. The number of amides is 1. The second-order valence-electron chi connectivity index (χ2n) is 7.78. The van der Waals surface area contributed by atoms with Crippen LogP contribution in [0.15, 0.2) is 5.51 Å². The Labute approximate surface area is 141 Å². The van der Waals surface area contributed by atoms with Gasteiger partial charge in [-0.2, -0.15) is 0 Å². The van der Waals surface area contributed by atoms with Gasteiger partial charge in [0.15, 0.2) is 0 Å². The normalized spacial score (nSPS) is 27.9. The molecule has 1 aromatic rings. The maximum atomic E-state index is 12.4. The number of piperidine rings is 1. The van der Waals surface area contributed by atoms with E-state index in [9.17, 15) is 4.79 Å². The highest BCUT2D eigenvalue weighted by Gasteiger charge is 2.44. The van der Waals surface area contributed by atoms with Gasteiger partial charge in [0.1, 0.15) is 5.51 Å². The Morgan fingerprint density at radius 2 is 2.13 bits per heavy atom. The molecule has 23 heavy (non-hydrogen) atoms. The molecule has 1 aliphatic heterocycles. The van der Waals surface area contributed by atoms with Gasteiger partial charge in [-0.25, -0.2) is 0 Å². The van der Waals surface area contributed by atoms with Crippen molar-refractivity contribution in [2.45, 2.75) is 51.4 Å². The van der Waals surface area contributed by atoms with E-state index in [-0.39, 0.29) is 11.8 Å². The minimum absolute atomic E-state index is 0.103. The molecule has 2 saturated carbocycles. The van der Waals surface area contributed by atoms with Crippen molar-refractivity contribution in [3.8, 4) is 0 Å². The van der Waals surface area contributed by atoms with Crippen LogP contribution in [0.25, 0.3) is 0 Å². The fraction of sp³-hybridized carbons (Fsp3) is 0.824. The molecule has 0 radical (unpaired) electrons. The third-order valence-corrected chi connectivity index (χ3v) is 6.71. The van der Waals surface area contributed by atoms with Gasteiger partial charge < -0.3 is 10.2 Å². The fourth-order valence-electron chi connectivity index (χ4n) is 4.38. The molecule has 126 valence electrons. The summed E-state index contributed by atoms with van der Waals surface area (Å²) in [6.45, 7) is 3.26. The first kappa shape index (κ1) is 15.5. The summed E-state index contributed by atoms with van der Waals surface area (Å²) < 4.78 is 0. The predicted octanol–water partition coefficient (Wildman–Crippen LogP) is 3.16. The SMILES string of the molecule is O=C(Nc1nncs1)C1CCCN(CC2CCC3(CC2)CC3)C1. The Morgan fingerprint density at radius 1 is 1.30 bits per heavy atom. The number of hydrogen-bond acceptors (Lipinski definition) is 5. The Balaban J connectivity index is 1.26. The molecular formula is C17H26N4OS. The lowest BCUT2D eigenvalue weighted by Crippen LogP contribution is -2.43. The first-order valence-electron chi connectivity index (χ1n) is 9.02. The van der Waals surface area contributed by atoms with E-state index in [1.807, 2.05) is 0 Å². The van der Waals surface area contributed by atoms with E-state index in [1.165, 1.54) is 56.4 Å². The lowest BCUT2D eigenvalue weighted by molar-refractivity contribution is -0.121. The molecule has 1 saturated heterocycles. The van der Waals surface area contributed by atoms with E-state index < -0.39 is 0 Å².